The van der Waals surface area contributed by atoms with Crippen LogP contribution in [0.25, 0.3) is 0 Å². The molecule has 0 bridgehead atoms. The lowest BCUT2D eigenvalue weighted by atomic mass is 10.0. The van der Waals surface area contributed by atoms with Gasteiger partial charge in [0.25, 0.3) is 0 Å². The predicted octanol–water partition coefficient (Wildman–Crippen LogP) is 3.78. The zero-order chi connectivity index (χ0) is 14.5. The minimum absolute atomic E-state index is 0.0372. The Bertz CT molecular complexity index is 414. The molecule has 1 N–H and O–H groups in total. The van der Waals surface area contributed by atoms with Gasteiger partial charge in [0.15, 0.2) is 5.75 Å². The first-order valence-corrected chi connectivity index (χ1v) is 7.76. The largest absolute Gasteiger partial charge is 0.485 e. The van der Waals surface area contributed by atoms with E-state index in [1.807, 2.05) is 19.9 Å². The summed E-state index contributed by atoms with van der Waals surface area (Å²) in [5.74, 6) is 0.973. The highest BCUT2D eigenvalue weighted by Gasteiger charge is 2.28. The Kier molecular flexibility index (Phi) is 5.97. The average molecular weight is 318 g/mol. The number of ether oxygens (including phenoxy) is 2. The summed E-state index contributed by atoms with van der Waals surface area (Å²) in [4.78, 5) is 0. The Morgan fingerprint density at radius 3 is 2.55 bits per heavy atom. The molecule has 112 valence electrons. The van der Waals surface area contributed by atoms with Gasteiger partial charge < -0.3 is 14.8 Å². The van der Waals surface area contributed by atoms with Crippen molar-refractivity contribution in [1.29, 1.82) is 0 Å². The molecule has 2 atom stereocenters. The number of halogens is 2. The quantitative estimate of drug-likeness (QED) is 0.866. The van der Waals surface area contributed by atoms with Crippen LogP contribution in [0.2, 0.25) is 10.0 Å². The fraction of sp³-hybridized carbons (Fsp3) is 0.600. The van der Waals surface area contributed by atoms with Gasteiger partial charge in [0.05, 0.1) is 22.8 Å². The smallest absolute Gasteiger partial charge is 0.157 e. The fourth-order valence-electron chi connectivity index (χ4n) is 2.29. The average Bonchev–Trinajstić information content (AvgIpc) is 2.91. The van der Waals surface area contributed by atoms with Gasteiger partial charge in [-0.2, -0.15) is 0 Å². The van der Waals surface area contributed by atoms with Crippen LogP contribution in [0.1, 0.15) is 20.3 Å². The zero-order valence-corrected chi connectivity index (χ0v) is 13.4. The van der Waals surface area contributed by atoms with E-state index in [2.05, 4.69) is 5.32 Å². The van der Waals surface area contributed by atoms with Crippen molar-refractivity contribution in [3.8, 4) is 5.75 Å². The summed E-state index contributed by atoms with van der Waals surface area (Å²) in [6, 6.07) is 5.39. The van der Waals surface area contributed by atoms with Crippen molar-refractivity contribution in [3.05, 3.63) is 28.2 Å². The maximum atomic E-state index is 6.18. The van der Waals surface area contributed by atoms with Crippen molar-refractivity contribution >= 4 is 23.2 Å². The zero-order valence-electron chi connectivity index (χ0n) is 11.9. The lowest BCUT2D eigenvalue weighted by Crippen LogP contribution is -2.34. The lowest BCUT2D eigenvalue weighted by molar-refractivity contribution is -0.00358. The van der Waals surface area contributed by atoms with E-state index in [1.165, 1.54) is 0 Å². The Morgan fingerprint density at radius 2 is 2.00 bits per heavy atom. The number of para-hydroxylation sites is 1. The monoisotopic (exact) mass is 317 g/mol. The van der Waals surface area contributed by atoms with Gasteiger partial charge in [-0.3, -0.25) is 0 Å². The van der Waals surface area contributed by atoms with E-state index in [0.29, 0.717) is 28.3 Å². The third-order valence-electron chi connectivity index (χ3n) is 3.41. The molecule has 20 heavy (non-hydrogen) atoms. The standard InChI is InChI=1S/C15H21Cl2NO2/c1-10(2)19-9-14(11-6-7-18-8-11)20-15-12(16)4-3-5-13(15)17/h3-5,10-11,14,18H,6-9H2,1-2H3/t11-,14-/m0/s1. The van der Waals surface area contributed by atoms with Crippen LogP contribution in [-0.4, -0.2) is 31.9 Å². The third kappa shape index (κ3) is 4.26. The van der Waals surface area contributed by atoms with Crippen molar-refractivity contribution in [2.75, 3.05) is 19.7 Å². The summed E-state index contributed by atoms with van der Waals surface area (Å²) in [6.07, 6.45) is 1.22. The molecule has 1 heterocycles. The molecule has 5 heteroatoms. The van der Waals surface area contributed by atoms with Crippen LogP contribution < -0.4 is 10.1 Å². The highest BCUT2D eigenvalue weighted by molar-refractivity contribution is 6.37. The van der Waals surface area contributed by atoms with Crippen molar-refractivity contribution in [3.63, 3.8) is 0 Å². The molecule has 2 rings (SSSR count). The van der Waals surface area contributed by atoms with Crippen LogP contribution in [0.3, 0.4) is 0 Å². The maximum Gasteiger partial charge on any atom is 0.157 e. The van der Waals surface area contributed by atoms with Crippen LogP contribution in [0.15, 0.2) is 18.2 Å². The molecule has 0 unspecified atom stereocenters. The van der Waals surface area contributed by atoms with E-state index in [9.17, 15) is 0 Å². The molecule has 3 nitrogen and oxygen atoms in total. The summed E-state index contributed by atoms with van der Waals surface area (Å²) >= 11 is 12.4. The highest BCUT2D eigenvalue weighted by atomic mass is 35.5. The minimum Gasteiger partial charge on any atom is -0.485 e. The van der Waals surface area contributed by atoms with Crippen LogP contribution in [0.5, 0.6) is 5.75 Å². The molecule has 0 aliphatic carbocycles. The Hall–Kier alpha value is -0.480. The van der Waals surface area contributed by atoms with E-state index in [-0.39, 0.29) is 12.2 Å². The van der Waals surface area contributed by atoms with E-state index in [4.69, 9.17) is 32.7 Å². The van der Waals surface area contributed by atoms with E-state index in [0.717, 1.165) is 19.5 Å². The van der Waals surface area contributed by atoms with Crippen LogP contribution in [0, 0.1) is 5.92 Å². The highest BCUT2D eigenvalue weighted by Crippen LogP contribution is 2.34. The molecule has 1 aromatic carbocycles. The molecule has 0 radical (unpaired) electrons. The second-order valence-corrected chi connectivity index (χ2v) is 6.16. The first kappa shape index (κ1) is 15.9. The van der Waals surface area contributed by atoms with Gasteiger partial charge in [0, 0.05) is 12.5 Å². The molecule has 1 fully saturated rings. The summed E-state index contributed by atoms with van der Waals surface area (Å²) in [5.41, 5.74) is 0. The first-order chi connectivity index (χ1) is 9.58. The summed E-state index contributed by atoms with van der Waals surface area (Å²) < 4.78 is 11.8. The molecule has 1 aliphatic heterocycles. The second-order valence-electron chi connectivity index (χ2n) is 5.34. The molecular formula is C15H21Cl2NO2. The normalized spacial score (nSPS) is 20.4. The molecule has 0 aromatic heterocycles. The molecule has 1 aromatic rings. The first-order valence-electron chi connectivity index (χ1n) is 7.01. The topological polar surface area (TPSA) is 30.5 Å². The van der Waals surface area contributed by atoms with Gasteiger partial charge in [0.2, 0.25) is 0 Å². The van der Waals surface area contributed by atoms with Gasteiger partial charge in [-0.15, -0.1) is 0 Å². The van der Waals surface area contributed by atoms with Gasteiger partial charge >= 0.3 is 0 Å². The van der Waals surface area contributed by atoms with Crippen molar-refractivity contribution in [2.45, 2.75) is 32.5 Å². The number of nitrogens with one attached hydrogen (secondary N) is 1. The van der Waals surface area contributed by atoms with Gasteiger partial charge in [-0.25, -0.2) is 0 Å². The van der Waals surface area contributed by atoms with Crippen LogP contribution >= 0.6 is 23.2 Å². The molecule has 0 spiro atoms. The lowest BCUT2D eigenvalue weighted by Gasteiger charge is -2.26. The molecule has 1 aliphatic rings. The Morgan fingerprint density at radius 1 is 1.30 bits per heavy atom. The minimum atomic E-state index is -0.0372. The summed E-state index contributed by atoms with van der Waals surface area (Å²) in [7, 11) is 0. The predicted molar refractivity (Wildman–Crippen MR) is 82.9 cm³/mol. The van der Waals surface area contributed by atoms with Gasteiger partial charge in [0.1, 0.15) is 6.10 Å². The van der Waals surface area contributed by atoms with Crippen LogP contribution in [-0.2, 0) is 4.74 Å². The SMILES string of the molecule is CC(C)OC[C@H](Oc1c(Cl)cccc1Cl)[C@H]1CCNC1. The second kappa shape index (κ2) is 7.51. The van der Waals surface area contributed by atoms with Crippen molar-refractivity contribution in [2.24, 2.45) is 5.92 Å². The van der Waals surface area contributed by atoms with Gasteiger partial charge in [-0.1, -0.05) is 29.3 Å². The number of hydrogen-bond acceptors (Lipinski definition) is 3. The van der Waals surface area contributed by atoms with E-state index in [1.54, 1.807) is 12.1 Å². The number of hydrogen-bond donors (Lipinski definition) is 1. The maximum absolute atomic E-state index is 6.18. The van der Waals surface area contributed by atoms with Gasteiger partial charge in [-0.05, 0) is 38.9 Å². The Balaban J connectivity index is 2.09. The van der Waals surface area contributed by atoms with E-state index < -0.39 is 0 Å². The fourth-order valence-corrected chi connectivity index (χ4v) is 2.78. The third-order valence-corrected chi connectivity index (χ3v) is 4.00. The summed E-state index contributed by atoms with van der Waals surface area (Å²) in [6.45, 7) is 6.54. The Labute approximate surface area is 130 Å². The number of benzene rings is 1. The van der Waals surface area contributed by atoms with Crippen LogP contribution in [0.4, 0.5) is 0 Å². The molecule has 0 amide bonds. The molecule has 1 saturated heterocycles. The summed E-state index contributed by atoms with van der Waals surface area (Å²) in [5, 5.41) is 4.43. The number of rotatable bonds is 6. The van der Waals surface area contributed by atoms with E-state index >= 15 is 0 Å². The van der Waals surface area contributed by atoms with Crippen molar-refractivity contribution in [1.82, 2.24) is 5.32 Å². The molecular weight excluding hydrogens is 297 g/mol. The van der Waals surface area contributed by atoms with Crippen molar-refractivity contribution < 1.29 is 9.47 Å². The molecule has 0 saturated carbocycles.